The maximum Gasteiger partial charge on any atom is 0.287 e. The Labute approximate surface area is 126 Å². The number of rotatable bonds is 4. The van der Waals surface area contributed by atoms with Gasteiger partial charge in [-0.2, -0.15) is 0 Å². The van der Waals surface area contributed by atoms with Crippen molar-refractivity contribution < 1.29 is 14.3 Å². The summed E-state index contributed by atoms with van der Waals surface area (Å²) >= 11 is 1.53. The van der Waals surface area contributed by atoms with Crippen molar-refractivity contribution in [2.24, 2.45) is 0 Å². The fourth-order valence-electron chi connectivity index (χ4n) is 2.14. The first-order valence-corrected chi connectivity index (χ1v) is 7.45. The number of hydrogen-bond donors (Lipinski definition) is 2. The van der Waals surface area contributed by atoms with Crippen molar-refractivity contribution in [3.63, 3.8) is 0 Å². The first-order valence-electron chi connectivity index (χ1n) is 6.64. The molecule has 2 N–H and O–H groups in total. The molecule has 1 atom stereocenters. The van der Waals surface area contributed by atoms with Gasteiger partial charge in [-0.3, -0.25) is 4.79 Å². The molecule has 21 heavy (non-hydrogen) atoms. The van der Waals surface area contributed by atoms with E-state index in [0.717, 1.165) is 20.5 Å². The molecule has 0 unspecified atom stereocenters. The number of benzene rings is 1. The molecule has 0 fully saturated rings. The molecule has 0 saturated heterocycles. The van der Waals surface area contributed by atoms with E-state index in [1.807, 2.05) is 30.3 Å². The predicted molar refractivity (Wildman–Crippen MR) is 82.6 cm³/mol. The Kier molecular flexibility index (Phi) is 3.77. The molecule has 3 rings (SSSR count). The number of hydrogen-bond acceptors (Lipinski definition) is 4. The highest BCUT2D eigenvalue weighted by Gasteiger charge is 2.16. The number of aliphatic hydroxyl groups is 1. The summed E-state index contributed by atoms with van der Waals surface area (Å²) in [4.78, 5) is 12.8. The lowest BCUT2D eigenvalue weighted by Crippen LogP contribution is -2.28. The molecule has 0 spiro atoms. The van der Waals surface area contributed by atoms with E-state index < -0.39 is 6.10 Å². The minimum atomic E-state index is -0.721. The highest BCUT2D eigenvalue weighted by Crippen LogP contribution is 2.29. The molecule has 0 saturated carbocycles. The van der Waals surface area contributed by atoms with Gasteiger partial charge in [0.25, 0.3) is 5.91 Å². The van der Waals surface area contributed by atoms with Crippen LogP contribution in [0.25, 0.3) is 10.1 Å². The van der Waals surface area contributed by atoms with Gasteiger partial charge < -0.3 is 14.8 Å². The monoisotopic (exact) mass is 301 g/mol. The van der Waals surface area contributed by atoms with Crippen LogP contribution in [0.1, 0.15) is 27.1 Å². The normalized spacial score (nSPS) is 12.5. The van der Waals surface area contributed by atoms with Gasteiger partial charge in [-0.15, -0.1) is 11.3 Å². The number of amides is 1. The lowest BCUT2D eigenvalue weighted by Gasteiger charge is -2.09. The summed E-state index contributed by atoms with van der Waals surface area (Å²) in [5.74, 6) is -0.0174. The van der Waals surface area contributed by atoms with E-state index in [0.29, 0.717) is 5.76 Å². The molecule has 5 heteroatoms. The standard InChI is InChI=1S/C16H15NO3S/c1-10-6-7-20-15(10)16(19)17-9-12(18)14-8-11-4-2-3-5-13(11)21-14/h2-8,12,18H,9H2,1H3,(H,17,19)/t12-/m1/s1. The van der Waals surface area contributed by atoms with Crippen LogP contribution in [-0.4, -0.2) is 17.6 Å². The van der Waals surface area contributed by atoms with Crippen LogP contribution in [0.2, 0.25) is 0 Å². The average Bonchev–Trinajstić information content (AvgIpc) is 3.10. The van der Waals surface area contributed by atoms with Gasteiger partial charge >= 0.3 is 0 Å². The van der Waals surface area contributed by atoms with Crippen LogP contribution in [0.4, 0.5) is 0 Å². The number of carbonyl (C=O) groups is 1. The first kappa shape index (κ1) is 13.9. The number of carbonyl (C=O) groups excluding carboxylic acids is 1. The van der Waals surface area contributed by atoms with Gasteiger partial charge in [0.1, 0.15) is 6.10 Å². The molecule has 1 aromatic carbocycles. The Balaban J connectivity index is 1.67. The van der Waals surface area contributed by atoms with Crippen LogP contribution in [0.5, 0.6) is 0 Å². The quantitative estimate of drug-likeness (QED) is 0.777. The largest absolute Gasteiger partial charge is 0.459 e. The van der Waals surface area contributed by atoms with Crippen LogP contribution in [0, 0.1) is 6.92 Å². The molecule has 3 aromatic rings. The maximum absolute atomic E-state index is 11.9. The fraction of sp³-hybridized carbons (Fsp3) is 0.188. The zero-order valence-electron chi connectivity index (χ0n) is 11.5. The van der Waals surface area contributed by atoms with Crippen molar-refractivity contribution in [2.45, 2.75) is 13.0 Å². The molecule has 0 bridgehead atoms. The van der Waals surface area contributed by atoms with Crippen molar-refractivity contribution >= 4 is 27.3 Å². The molecule has 0 aliphatic rings. The Morgan fingerprint density at radius 1 is 1.38 bits per heavy atom. The van der Waals surface area contributed by atoms with E-state index in [1.54, 1.807) is 13.0 Å². The molecule has 1 amide bonds. The third-order valence-corrected chi connectivity index (χ3v) is 4.51. The van der Waals surface area contributed by atoms with Gasteiger partial charge in [-0.1, -0.05) is 18.2 Å². The Morgan fingerprint density at radius 2 is 2.19 bits per heavy atom. The van der Waals surface area contributed by atoms with Gasteiger partial charge in [-0.05, 0) is 30.5 Å². The van der Waals surface area contributed by atoms with Crippen molar-refractivity contribution in [1.82, 2.24) is 5.32 Å². The SMILES string of the molecule is Cc1ccoc1C(=O)NC[C@@H](O)c1cc2ccccc2s1. The molecule has 0 aliphatic heterocycles. The zero-order valence-corrected chi connectivity index (χ0v) is 12.3. The van der Waals surface area contributed by atoms with E-state index >= 15 is 0 Å². The van der Waals surface area contributed by atoms with E-state index in [9.17, 15) is 9.90 Å². The first-order chi connectivity index (χ1) is 10.1. The summed E-state index contributed by atoms with van der Waals surface area (Å²) < 4.78 is 6.25. The Morgan fingerprint density at radius 3 is 2.90 bits per heavy atom. The minimum absolute atomic E-state index is 0.159. The maximum atomic E-state index is 11.9. The predicted octanol–water partition coefficient (Wildman–Crippen LogP) is 3.27. The van der Waals surface area contributed by atoms with E-state index in [-0.39, 0.29) is 12.5 Å². The van der Waals surface area contributed by atoms with Crippen molar-refractivity contribution in [3.05, 3.63) is 58.9 Å². The lowest BCUT2D eigenvalue weighted by molar-refractivity contribution is 0.0890. The van der Waals surface area contributed by atoms with Gasteiger partial charge in [0.2, 0.25) is 0 Å². The Hall–Kier alpha value is -2.11. The Bertz CT molecular complexity index is 742. The second-order valence-electron chi connectivity index (χ2n) is 4.85. The summed E-state index contributed by atoms with van der Waals surface area (Å²) in [7, 11) is 0. The van der Waals surface area contributed by atoms with Crippen LogP contribution >= 0.6 is 11.3 Å². The number of thiophene rings is 1. The smallest absolute Gasteiger partial charge is 0.287 e. The number of aliphatic hydroxyl groups excluding tert-OH is 1. The molecule has 2 heterocycles. The van der Waals surface area contributed by atoms with Crippen molar-refractivity contribution in [1.29, 1.82) is 0 Å². The molecule has 0 aliphatic carbocycles. The van der Waals surface area contributed by atoms with E-state index in [1.165, 1.54) is 17.6 Å². The second kappa shape index (κ2) is 5.71. The lowest BCUT2D eigenvalue weighted by atomic mass is 10.2. The molecule has 4 nitrogen and oxygen atoms in total. The van der Waals surface area contributed by atoms with Crippen molar-refractivity contribution in [3.8, 4) is 0 Å². The average molecular weight is 301 g/mol. The summed E-state index contributed by atoms with van der Waals surface area (Å²) in [6.07, 6.45) is 0.758. The zero-order chi connectivity index (χ0) is 14.8. The van der Waals surface area contributed by atoms with Gasteiger partial charge in [0.05, 0.1) is 6.26 Å². The third kappa shape index (κ3) is 2.84. The fourth-order valence-corrected chi connectivity index (χ4v) is 3.19. The highest BCUT2D eigenvalue weighted by molar-refractivity contribution is 7.19. The van der Waals surface area contributed by atoms with Crippen LogP contribution < -0.4 is 5.32 Å². The number of fused-ring (bicyclic) bond motifs is 1. The van der Waals surface area contributed by atoms with E-state index in [4.69, 9.17) is 4.42 Å². The summed E-state index contributed by atoms with van der Waals surface area (Å²) in [6.45, 7) is 1.96. The van der Waals surface area contributed by atoms with Gasteiger partial charge in [-0.25, -0.2) is 0 Å². The second-order valence-corrected chi connectivity index (χ2v) is 5.96. The molecule has 108 valence electrons. The molecule has 0 radical (unpaired) electrons. The molecular formula is C16H15NO3S. The van der Waals surface area contributed by atoms with Crippen LogP contribution in [-0.2, 0) is 0 Å². The van der Waals surface area contributed by atoms with Crippen LogP contribution in [0.15, 0.2) is 47.1 Å². The topological polar surface area (TPSA) is 62.5 Å². The molecule has 2 aromatic heterocycles. The van der Waals surface area contributed by atoms with Crippen LogP contribution in [0.3, 0.4) is 0 Å². The summed E-state index contributed by atoms with van der Waals surface area (Å²) in [5.41, 5.74) is 0.781. The van der Waals surface area contributed by atoms with Crippen molar-refractivity contribution in [2.75, 3.05) is 6.54 Å². The van der Waals surface area contributed by atoms with Gasteiger partial charge in [0, 0.05) is 21.7 Å². The minimum Gasteiger partial charge on any atom is -0.459 e. The summed E-state index contributed by atoms with van der Waals surface area (Å²) in [6, 6.07) is 11.6. The number of aryl methyl sites for hydroxylation is 1. The molecular weight excluding hydrogens is 286 g/mol. The highest BCUT2D eigenvalue weighted by atomic mass is 32.1. The number of furan rings is 1. The van der Waals surface area contributed by atoms with E-state index in [2.05, 4.69) is 5.32 Å². The summed E-state index contributed by atoms with van der Waals surface area (Å²) in [5, 5.41) is 14.0. The number of nitrogens with one attached hydrogen (secondary N) is 1. The van der Waals surface area contributed by atoms with Gasteiger partial charge in [0.15, 0.2) is 5.76 Å². The third-order valence-electron chi connectivity index (χ3n) is 3.30.